The molecule has 4 fully saturated rings. The third kappa shape index (κ3) is 2.49. The van der Waals surface area contributed by atoms with E-state index in [2.05, 4.69) is 24.9 Å². The van der Waals surface area contributed by atoms with E-state index >= 15 is 0 Å². The van der Waals surface area contributed by atoms with E-state index in [9.17, 15) is 5.11 Å². The summed E-state index contributed by atoms with van der Waals surface area (Å²) in [4.78, 5) is 0. The molecule has 0 spiro atoms. The number of fused-ring (bicyclic) bond motifs is 5. The fourth-order valence-corrected chi connectivity index (χ4v) is 7.98. The predicted octanol–water partition coefficient (Wildman–Crippen LogP) is 1.56. The van der Waals surface area contributed by atoms with Gasteiger partial charge in [0.1, 0.15) is 13.1 Å². The Balaban J connectivity index is 1.54. The van der Waals surface area contributed by atoms with Gasteiger partial charge < -0.3 is 16.2 Å². The van der Waals surface area contributed by atoms with Gasteiger partial charge in [-0.3, -0.25) is 0 Å². The predicted molar refractivity (Wildman–Crippen MR) is 96.1 cm³/mol. The second-order valence-electron chi connectivity index (χ2n) is 10.2. The molecule has 0 amide bonds. The Morgan fingerprint density at radius 3 is 2.50 bits per heavy atom. The van der Waals surface area contributed by atoms with Gasteiger partial charge >= 0.3 is 0 Å². The van der Waals surface area contributed by atoms with Crippen molar-refractivity contribution in [2.24, 2.45) is 34.5 Å². The molecule has 3 heteroatoms. The lowest BCUT2D eigenvalue weighted by Crippen LogP contribution is -2.95. The average Bonchev–Trinajstić information content (AvgIpc) is 2.90. The molecule has 3 nitrogen and oxygen atoms in total. The van der Waals surface area contributed by atoms with Crippen molar-refractivity contribution in [3.63, 3.8) is 0 Å². The zero-order chi connectivity index (χ0) is 16.9. The van der Waals surface area contributed by atoms with Crippen LogP contribution >= 0.6 is 0 Å². The first-order chi connectivity index (χ1) is 11.5. The van der Waals surface area contributed by atoms with Gasteiger partial charge in [-0.05, 0) is 80.5 Å². The summed E-state index contributed by atoms with van der Waals surface area (Å²) >= 11 is 0. The Labute approximate surface area is 148 Å². The minimum absolute atomic E-state index is 0.0124. The number of quaternary nitrogens is 2. The van der Waals surface area contributed by atoms with Gasteiger partial charge in [-0.1, -0.05) is 13.8 Å². The molecule has 4 saturated carbocycles. The van der Waals surface area contributed by atoms with Gasteiger partial charge in [-0.2, -0.15) is 0 Å². The molecule has 0 heterocycles. The fourth-order valence-electron chi connectivity index (χ4n) is 7.98. The highest BCUT2D eigenvalue weighted by Gasteiger charge is 2.61. The summed E-state index contributed by atoms with van der Waals surface area (Å²) in [5.41, 5.74) is 5.15. The summed E-state index contributed by atoms with van der Waals surface area (Å²) in [6, 6.07) is 0.851. The number of hydrogen-bond donors (Lipinski definition) is 3. The van der Waals surface area contributed by atoms with E-state index in [4.69, 9.17) is 0 Å². The van der Waals surface area contributed by atoms with Crippen LogP contribution in [0.5, 0.6) is 0 Å². The Morgan fingerprint density at radius 1 is 0.958 bits per heavy atom. The fraction of sp³-hybridized carbons (Fsp3) is 1.00. The van der Waals surface area contributed by atoms with Crippen molar-refractivity contribution in [3.05, 3.63) is 0 Å². The van der Waals surface area contributed by atoms with E-state index < -0.39 is 0 Å². The molecule has 0 aliphatic heterocycles. The van der Waals surface area contributed by atoms with Crippen molar-refractivity contribution in [3.8, 4) is 0 Å². The van der Waals surface area contributed by atoms with Crippen molar-refractivity contribution in [1.29, 1.82) is 0 Å². The van der Waals surface area contributed by atoms with E-state index in [1.807, 2.05) is 0 Å². The Kier molecular flexibility index (Phi) is 4.50. The van der Waals surface area contributed by atoms with Crippen molar-refractivity contribution in [1.82, 2.24) is 0 Å². The first kappa shape index (κ1) is 17.3. The molecule has 24 heavy (non-hydrogen) atoms. The topological polar surface area (TPSA) is 64.5 Å². The molecule has 4 aliphatic carbocycles. The Bertz CT molecular complexity index is 469. The van der Waals surface area contributed by atoms with Crippen molar-refractivity contribution in [2.45, 2.75) is 83.8 Å². The zero-order valence-corrected chi connectivity index (χ0v) is 16.0. The van der Waals surface area contributed by atoms with Crippen LogP contribution in [0.4, 0.5) is 0 Å². The quantitative estimate of drug-likeness (QED) is 0.719. The molecule has 0 unspecified atom stereocenters. The minimum Gasteiger partial charge on any atom is -0.393 e. The smallest absolute Gasteiger partial charge is 0.125 e. The molecule has 0 saturated heterocycles. The van der Waals surface area contributed by atoms with Crippen molar-refractivity contribution in [2.75, 3.05) is 13.1 Å². The van der Waals surface area contributed by atoms with Crippen LogP contribution in [0.3, 0.4) is 0 Å². The second-order valence-corrected chi connectivity index (χ2v) is 10.2. The molecular weight excluding hydrogens is 296 g/mol. The van der Waals surface area contributed by atoms with Gasteiger partial charge in [-0.25, -0.2) is 0 Å². The standard InChI is InChI=1S/C21H38N2O/c1-20-9-7-15(24)13-14(20)3-4-16-17-5-6-19(23-12-11-22)21(17,2)10-8-18(16)20/h14-19,23-24H,3-13,22H2,1-2H3/p+2/t14-,15+,16-,17+,18-,19-,20+,21+/m0/s1. The zero-order valence-electron chi connectivity index (χ0n) is 16.0. The maximum atomic E-state index is 10.2. The van der Waals surface area contributed by atoms with Crippen LogP contribution in [0.15, 0.2) is 0 Å². The summed E-state index contributed by atoms with van der Waals surface area (Å²) in [7, 11) is 0. The van der Waals surface area contributed by atoms with Gasteiger partial charge in [0, 0.05) is 11.8 Å². The van der Waals surface area contributed by atoms with Crippen LogP contribution in [0, 0.1) is 34.5 Å². The largest absolute Gasteiger partial charge is 0.393 e. The molecular formula is C21H40N2O+2. The molecule has 0 radical (unpaired) electrons. The summed E-state index contributed by atoms with van der Waals surface area (Å²) < 4.78 is 0. The van der Waals surface area contributed by atoms with E-state index in [-0.39, 0.29) is 6.10 Å². The third-order valence-electron chi connectivity index (χ3n) is 9.37. The summed E-state index contributed by atoms with van der Waals surface area (Å²) in [5.74, 6) is 3.67. The first-order valence-electron chi connectivity index (χ1n) is 10.8. The van der Waals surface area contributed by atoms with Crippen molar-refractivity contribution >= 4 is 0 Å². The number of rotatable bonds is 3. The molecule has 0 aromatic heterocycles. The average molecular weight is 337 g/mol. The van der Waals surface area contributed by atoms with E-state index in [0.717, 1.165) is 49.1 Å². The third-order valence-corrected chi connectivity index (χ3v) is 9.37. The highest BCUT2D eigenvalue weighted by molar-refractivity contribution is 5.09. The molecule has 4 rings (SSSR count). The molecule has 4 aliphatic rings. The monoisotopic (exact) mass is 336 g/mol. The van der Waals surface area contributed by atoms with Crippen molar-refractivity contribution < 1.29 is 16.2 Å². The Morgan fingerprint density at radius 2 is 1.71 bits per heavy atom. The lowest BCUT2D eigenvalue weighted by molar-refractivity contribution is -0.712. The van der Waals surface area contributed by atoms with E-state index in [1.54, 1.807) is 0 Å². The van der Waals surface area contributed by atoms with E-state index in [1.165, 1.54) is 51.5 Å². The molecule has 0 bridgehead atoms. The number of hydrogen-bond acceptors (Lipinski definition) is 1. The van der Waals surface area contributed by atoms with Crippen LogP contribution < -0.4 is 11.1 Å². The van der Waals surface area contributed by atoms with Crippen LogP contribution in [-0.2, 0) is 0 Å². The maximum absolute atomic E-state index is 10.2. The maximum Gasteiger partial charge on any atom is 0.125 e. The normalized spacial score (nSPS) is 54.0. The van der Waals surface area contributed by atoms with Crippen LogP contribution in [-0.4, -0.2) is 30.3 Å². The lowest BCUT2D eigenvalue weighted by atomic mass is 9.45. The number of nitrogens with two attached hydrogens (primary N) is 1. The SMILES string of the molecule is C[C@@]12CC[C@H]3[C@@H](CC[C@H]4C[C@H](O)CC[C@]43C)[C@H]1CC[C@@H]2[NH2+]CC[NH3+]. The second kappa shape index (κ2) is 6.25. The first-order valence-corrected chi connectivity index (χ1v) is 10.8. The van der Waals surface area contributed by atoms with Crippen LogP contribution in [0.25, 0.3) is 0 Å². The van der Waals surface area contributed by atoms with E-state index in [0.29, 0.717) is 10.8 Å². The molecule has 0 aromatic carbocycles. The van der Waals surface area contributed by atoms with Gasteiger partial charge in [0.25, 0.3) is 0 Å². The van der Waals surface area contributed by atoms with Gasteiger partial charge in [0.2, 0.25) is 0 Å². The summed E-state index contributed by atoms with van der Waals surface area (Å²) in [6.07, 6.45) is 12.0. The summed E-state index contributed by atoms with van der Waals surface area (Å²) in [6.45, 7) is 7.50. The molecule has 6 N–H and O–H groups in total. The van der Waals surface area contributed by atoms with Gasteiger partial charge in [0.05, 0.1) is 12.1 Å². The lowest BCUT2D eigenvalue weighted by Gasteiger charge is -2.60. The van der Waals surface area contributed by atoms with Gasteiger partial charge in [0.15, 0.2) is 0 Å². The van der Waals surface area contributed by atoms with Crippen LogP contribution in [0.2, 0.25) is 0 Å². The van der Waals surface area contributed by atoms with Crippen LogP contribution in [0.1, 0.15) is 71.6 Å². The molecule has 8 atom stereocenters. The number of aliphatic hydroxyl groups is 1. The minimum atomic E-state index is -0.0124. The highest BCUT2D eigenvalue weighted by Crippen LogP contribution is 2.65. The Hall–Kier alpha value is -0.120. The summed E-state index contributed by atoms with van der Waals surface area (Å²) in [5, 5.41) is 12.8. The van der Waals surface area contributed by atoms with Gasteiger partial charge in [-0.15, -0.1) is 0 Å². The molecule has 0 aromatic rings. The number of aliphatic hydroxyl groups excluding tert-OH is 1. The highest BCUT2D eigenvalue weighted by atomic mass is 16.3. The molecule has 138 valence electrons.